The molecule has 0 saturated carbocycles. The summed E-state index contributed by atoms with van der Waals surface area (Å²) in [6, 6.07) is 8.30. The molecule has 1 unspecified atom stereocenters. The summed E-state index contributed by atoms with van der Waals surface area (Å²) < 4.78 is 7.01. The van der Waals surface area contributed by atoms with Crippen LogP contribution in [0.25, 0.3) is 11.3 Å². The van der Waals surface area contributed by atoms with Gasteiger partial charge in [-0.05, 0) is 39.3 Å². The SMILES string of the molecule is CCOC(C)(CC)c1nc(-c2ccc(Br)cc2)c(C)s1. The molecule has 1 aromatic heterocycles. The van der Waals surface area contributed by atoms with Gasteiger partial charge in [0, 0.05) is 21.5 Å². The maximum absolute atomic E-state index is 5.93. The van der Waals surface area contributed by atoms with Crippen molar-refractivity contribution in [3.8, 4) is 11.3 Å². The van der Waals surface area contributed by atoms with Crippen LogP contribution in [0.15, 0.2) is 28.7 Å². The minimum absolute atomic E-state index is 0.280. The van der Waals surface area contributed by atoms with E-state index in [1.54, 1.807) is 11.3 Å². The number of ether oxygens (including phenoxy) is 1. The van der Waals surface area contributed by atoms with E-state index >= 15 is 0 Å². The highest BCUT2D eigenvalue weighted by Gasteiger charge is 2.29. The van der Waals surface area contributed by atoms with E-state index in [-0.39, 0.29) is 5.60 Å². The van der Waals surface area contributed by atoms with Crippen LogP contribution in [0.1, 0.15) is 37.1 Å². The highest BCUT2D eigenvalue weighted by Crippen LogP contribution is 2.37. The molecular formula is C16H20BrNOS. The van der Waals surface area contributed by atoms with Gasteiger partial charge >= 0.3 is 0 Å². The van der Waals surface area contributed by atoms with E-state index in [9.17, 15) is 0 Å². The largest absolute Gasteiger partial charge is 0.368 e. The highest BCUT2D eigenvalue weighted by atomic mass is 79.9. The predicted molar refractivity (Wildman–Crippen MR) is 89.3 cm³/mol. The zero-order valence-electron chi connectivity index (χ0n) is 12.4. The minimum atomic E-state index is -0.280. The van der Waals surface area contributed by atoms with E-state index in [4.69, 9.17) is 9.72 Å². The second-order valence-corrected chi connectivity index (χ2v) is 7.07. The molecule has 20 heavy (non-hydrogen) atoms. The van der Waals surface area contributed by atoms with Gasteiger partial charge in [0.15, 0.2) is 0 Å². The zero-order valence-corrected chi connectivity index (χ0v) is 14.8. The molecule has 108 valence electrons. The summed E-state index contributed by atoms with van der Waals surface area (Å²) in [7, 11) is 0. The van der Waals surface area contributed by atoms with Crippen LogP contribution in [0.3, 0.4) is 0 Å². The first-order valence-electron chi connectivity index (χ1n) is 6.88. The van der Waals surface area contributed by atoms with E-state index in [1.807, 2.05) is 6.92 Å². The predicted octanol–water partition coefficient (Wildman–Crippen LogP) is 5.54. The maximum Gasteiger partial charge on any atom is 0.125 e. The summed E-state index contributed by atoms with van der Waals surface area (Å²) in [5.41, 5.74) is 1.94. The fourth-order valence-electron chi connectivity index (χ4n) is 2.13. The average Bonchev–Trinajstić information content (AvgIpc) is 2.82. The van der Waals surface area contributed by atoms with E-state index < -0.39 is 0 Å². The van der Waals surface area contributed by atoms with Crippen molar-refractivity contribution in [2.75, 3.05) is 6.61 Å². The summed E-state index contributed by atoms with van der Waals surface area (Å²) in [6.07, 6.45) is 0.924. The van der Waals surface area contributed by atoms with E-state index in [0.717, 1.165) is 27.2 Å². The van der Waals surface area contributed by atoms with Crippen molar-refractivity contribution in [2.45, 2.75) is 39.7 Å². The van der Waals surface area contributed by atoms with Gasteiger partial charge in [-0.25, -0.2) is 4.98 Å². The third kappa shape index (κ3) is 3.13. The minimum Gasteiger partial charge on any atom is -0.368 e. The van der Waals surface area contributed by atoms with Gasteiger partial charge in [0.1, 0.15) is 10.6 Å². The standard InChI is InChI=1S/C16H20BrNOS/c1-5-16(4,19-6-2)15-18-14(11(3)20-15)12-7-9-13(17)10-8-12/h7-10H,5-6H2,1-4H3. The Morgan fingerprint density at radius 3 is 2.45 bits per heavy atom. The zero-order chi connectivity index (χ0) is 14.8. The molecule has 2 nitrogen and oxygen atoms in total. The molecule has 2 rings (SSSR count). The Balaban J connectivity index is 2.41. The molecule has 1 heterocycles. The van der Waals surface area contributed by atoms with Crippen LogP contribution in [0.4, 0.5) is 0 Å². The quantitative estimate of drug-likeness (QED) is 0.703. The topological polar surface area (TPSA) is 22.1 Å². The molecule has 0 aliphatic heterocycles. The van der Waals surface area contributed by atoms with Crippen molar-refractivity contribution in [2.24, 2.45) is 0 Å². The first kappa shape index (κ1) is 15.7. The van der Waals surface area contributed by atoms with Gasteiger partial charge in [-0.3, -0.25) is 0 Å². The van der Waals surface area contributed by atoms with Crippen molar-refractivity contribution in [1.82, 2.24) is 4.98 Å². The number of nitrogens with zero attached hydrogens (tertiary/aromatic N) is 1. The molecule has 2 aromatic rings. The molecule has 0 aliphatic carbocycles. The lowest BCUT2D eigenvalue weighted by molar-refractivity contribution is -0.0324. The van der Waals surface area contributed by atoms with Crippen LogP contribution in [0.2, 0.25) is 0 Å². The molecule has 4 heteroatoms. The van der Waals surface area contributed by atoms with Crippen molar-refractivity contribution in [3.63, 3.8) is 0 Å². The van der Waals surface area contributed by atoms with Crippen LogP contribution >= 0.6 is 27.3 Å². The van der Waals surface area contributed by atoms with E-state index in [2.05, 4.69) is 61.0 Å². The third-order valence-electron chi connectivity index (χ3n) is 3.50. The smallest absolute Gasteiger partial charge is 0.125 e. The summed E-state index contributed by atoms with van der Waals surface area (Å²) >= 11 is 5.20. The fourth-order valence-corrected chi connectivity index (χ4v) is 3.50. The Morgan fingerprint density at radius 2 is 1.90 bits per heavy atom. The molecule has 0 radical (unpaired) electrons. The Hall–Kier alpha value is -0.710. The molecule has 0 N–H and O–H groups in total. The Morgan fingerprint density at radius 1 is 1.25 bits per heavy atom. The maximum atomic E-state index is 5.93. The number of rotatable bonds is 5. The molecule has 1 aromatic carbocycles. The fraction of sp³-hybridized carbons (Fsp3) is 0.438. The van der Waals surface area contributed by atoms with Gasteiger partial charge in [0.2, 0.25) is 0 Å². The number of hydrogen-bond acceptors (Lipinski definition) is 3. The monoisotopic (exact) mass is 353 g/mol. The normalized spacial score (nSPS) is 14.2. The van der Waals surface area contributed by atoms with Crippen molar-refractivity contribution in [1.29, 1.82) is 0 Å². The van der Waals surface area contributed by atoms with Gasteiger partial charge in [0.25, 0.3) is 0 Å². The molecule has 0 saturated heterocycles. The van der Waals surface area contributed by atoms with Crippen molar-refractivity contribution >= 4 is 27.3 Å². The van der Waals surface area contributed by atoms with Crippen LogP contribution in [-0.2, 0) is 10.3 Å². The average molecular weight is 354 g/mol. The van der Waals surface area contributed by atoms with E-state index in [1.165, 1.54) is 4.88 Å². The van der Waals surface area contributed by atoms with Gasteiger partial charge in [-0.15, -0.1) is 11.3 Å². The van der Waals surface area contributed by atoms with Crippen molar-refractivity contribution < 1.29 is 4.74 Å². The Labute approximate surface area is 133 Å². The Bertz CT molecular complexity index is 579. The molecule has 0 fully saturated rings. The van der Waals surface area contributed by atoms with Gasteiger partial charge in [-0.2, -0.15) is 0 Å². The Kier molecular flexibility index (Phi) is 4.99. The van der Waals surface area contributed by atoms with Gasteiger partial charge < -0.3 is 4.74 Å². The summed E-state index contributed by atoms with van der Waals surface area (Å²) in [4.78, 5) is 6.09. The number of aromatic nitrogens is 1. The van der Waals surface area contributed by atoms with Crippen LogP contribution in [0.5, 0.6) is 0 Å². The second-order valence-electron chi connectivity index (χ2n) is 4.95. The third-order valence-corrected chi connectivity index (χ3v) is 5.25. The molecule has 0 spiro atoms. The van der Waals surface area contributed by atoms with E-state index in [0.29, 0.717) is 6.61 Å². The van der Waals surface area contributed by atoms with Crippen molar-refractivity contribution in [3.05, 3.63) is 38.6 Å². The summed E-state index contributed by atoms with van der Waals surface area (Å²) in [6.45, 7) is 9.13. The number of thiazole rings is 1. The lowest BCUT2D eigenvalue weighted by Crippen LogP contribution is -2.24. The number of halogens is 1. The summed E-state index contributed by atoms with van der Waals surface area (Å²) in [5, 5.41) is 1.07. The first-order chi connectivity index (χ1) is 9.50. The van der Waals surface area contributed by atoms with Gasteiger partial charge in [-0.1, -0.05) is 35.0 Å². The lowest BCUT2D eigenvalue weighted by Gasteiger charge is -2.25. The van der Waals surface area contributed by atoms with Crippen LogP contribution < -0.4 is 0 Å². The van der Waals surface area contributed by atoms with Crippen LogP contribution in [-0.4, -0.2) is 11.6 Å². The molecule has 0 amide bonds. The molecule has 1 atom stereocenters. The lowest BCUT2D eigenvalue weighted by atomic mass is 10.0. The number of benzene rings is 1. The molecular weight excluding hydrogens is 334 g/mol. The first-order valence-corrected chi connectivity index (χ1v) is 8.49. The second kappa shape index (κ2) is 6.37. The highest BCUT2D eigenvalue weighted by molar-refractivity contribution is 9.10. The number of aryl methyl sites for hydroxylation is 1. The number of hydrogen-bond donors (Lipinski definition) is 0. The summed E-state index contributed by atoms with van der Waals surface area (Å²) in [5.74, 6) is 0. The van der Waals surface area contributed by atoms with Gasteiger partial charge in [0.05, 0.1) is 5.69 Å². The molecule has 0 bridgehead atoms. The molecule has 0 aliphatic rings. The van der Waals surface area contributed by atoms with Crippen LogP contribution in [0, 0.1) is 6.92 Å².